The first-order chi connectivity index (χ1) is 16.5. The average molecular weight is 488 g/mol. The fraction of sp³-hybridized carbons (Fsp3) is 0.148. The molecule has 170 valence electrons. The minimum absolute atomic E-state index is 0.119. The van der Waals surface area contributed by atoms with Gasteiger partial charge in [0.25, 0.3) is 5.56 Å². The third-order valence-corrected chi connectivity index (χ3v) is 7.81. The molecule has 0 N–H and O–H groups in total. The van der Waals surface area contributed by atoms with Gasteiger partial charge in [-0.3, -0.25) is 9.36 Å². The number of aryl methyl sites for hydroxylation is 3. The molecular weight excluding hydrogens is 465 g/mol. The van der Waals surface area contributed by atoms with Crippen LogP contribution >= 0.6 is 22.7 Å². The number of rotatable bonds is 6. The lowest BCUT2D eigenvalue weighted by atomic mass is 10.1. The van der Waals surface area contributed by atoms with Crippen LogP contribution < -0.4 is 5.56 Å². The number of hydrogen-bond donors (Lipinski definition) is 0. The predicted octanol–water partition coefficient (Wildman–Crippen LogP) is 6.76. The van der Waals surface area contributed by atoms with Gasteiger partial charge in [0.05, 0.1) is 16.1 Å². The molecular formula is C27H22FN3OS2. The highest BCUT2D eigenvalue weighted by molar-refractivity contribution is 7.23. The summed E-state index contributed by atoms with van der Waals surface area (Å²) in [5.74, 6) is 0.124. The molecule has 0 saturated carbocycles. The van der Waals surface area contributed by atoms with Gasteiger partial charge in [0.1, 0.15) is 16.6 Å². The smallest absolute Gasteiger partial charge is 0.262 e. The van der Waals surface area contributed by atoms with E-state index in [4.69, 9.17) is 4.98 Å². The number of thiazole rings is 1. The van der Waals surface area contributed by atoms with Gasteiger partial charge >= 0.3 is 0 Å². The van der Waals surface area contributed by atoms with Crippen LogP contribution in [0, 0.1) is 19.7 Å². The van der Waals surface area contributed by atoms with E-state index < -0.39 is 0 Å². The van der Waals surface area contributed by atoms with Crippen molar-refractivity contribution in [1.29, 1.82) is 0 Å². The van der Waals surface area contributed by atoms with E-state index in [-0.39, 0.29) is 11.4 Å². The molecule has 0 aliphatic carbocycles. The van der Waals surface area contributed by atoms with Gasteiger partial charge in [-0.05, 0) is 50.1 Å². The Morgan fingerprint density at radius 2 is 1.74 bits per heavy atom. The number of aromatic nitrogens is 3. The molecule has 0 radical (unpaired) electrons. The van der Waals surface area contributed by atoms with E-state index >= 15 is 0 Å². The number of thiophene rings is 1. The molecule has 0 amide bonds. The summed E-state index contributed by atoms with van der Waals surface area (Å²) in [6, 6.07) is 20.2. The first-order valence-electron chi connectivity index (χ1n) is 10.9. The quantitative estimate of drug-likeness (QED) is 0.266. The highest BCUT2D eigenvalue weighted by Gasteiger charge is 2.19. The summed E-state index contributed by atoms with van der Waals surface area (Å²) < 4.78 is 15.7. The Morgan fingerprint density at radius 1 is 0.941 bits per heavy atom. The molecule has 4 nitrogen and oxygen atoms in total. The molecule has 0 bridgehead atoms. The first kappa shape index (κ1) is 22.4. The van der Waals surface area contributed by atoms with E-state index in [2.05, 4.69) is 4.98 Å². The van der Waals surface area contributed by atoms with Gasteiger partial charge in [0.2, 0.25) is 0 Å². The van der Waals surface area contributed by atoms with E-state index in [9.17, 15) is 9.18 Å². The third kappa shape index (κ3) is 4.49. The number of benzene rings is 2. The van der Waals surface area contributed by atoms with Crippen LogP contribution in [0.4, 0.5) is 4.39 Å². The standard InChI is InChI=1S/C27H22FN3OS2/c1-17-16-33-26(29-17)23-12-11-22(34-23)24-18(2)30-25(20-9-6-10-21(28)15-20)31(27(24)32)14-13-19-7-4-3-5-8-19/h3-12,15-16H,13-14H2,1-2H3. The first-order valence-corrected chi connectivity index (χ1v) is 12.6. The van der Waals surface area contributed by atoms with E-state index in [1.807, 2.05) is 61.7 Å². The summed E-state index contributed by atoms with van der Waals surface area (Å²) in [6.07, 6.45) is 0.668. The van der Waals surface area contributed by atoms with Gasteiger partial charge < -0.3 is 0 Å². The van der Waals surface area contributed by atoms with Crippen LogP contribution in [0.15, 0.2) is 76.9 Å². The maximum absolute atomic E-state index is 14.0. The van der Waals surface area contributed by atoms with Crippen molar-refractivity contribution in [2.75, 3.05) is 0 Å². The van der Waals surface area contributed by atoms with Crippen LogP contribution in [0.1, 0.15) is 17.0 Å². The molecule has 34 heavy (non-hydrogen) atoms. The van der Waals surface area contributed by atoms with Crippen molar-refractivity contribution < 1.29 is 4.39 Å². The molecule has 7 heteroatoms. The maximum Gasteiger partial charge on any atom is 0.262 e. The van der Waals surface area contributed by atoms with Crippen molar-refractivity contribution in [1.82, 2.24) is 14.5 Å². The molecule has 2 aromatic carbocycles. The highest BCUT2D eigenvalue weighted by atomic mass is 32.1. The Morgan fingerprint density at radius 3 is 2.47 bits per heavy atom. The van der Waals surface area contributed by atoms with Crippen molar-refractivity contribution in [3.05, 3.63) is 105 Å². The minimum Gasteiger partial charge on any atom is -0.292 e. The average Bonchev–Trinajstić information content (AvgIpc) is 3.48. The molecule has 0 fully saturated rings. The summed E-state index contributed by atoms with van der Waals surface area (Å²) in [6.45, 7) is 4.26. The van der Waals surface area contributed by atoms with E-state index in [0.717, 1.165) is 26.0 Å². The van der Waals surface area contributed by atoms with Gasteiger partial charge in [-0.15, -0.1) is 22.7 Å². The molecule has 5 rings (SSSR count). The van der Waals surface area contributed by atoms with Gasteiger partial charge in [-0.2, -0.15) is 0 Å². The highest BCUT2D eigenvalue weighted by Crippen LogP contribution is 2.36. The van der Waals surface area contributed by atoms with E-state index in [0.29, 0.717) is 35.6 Å². The number of nitrogens with zero attached hydrogens (tertiary/aromatic N) is 3. The second kappa shape index (κ2) is 9.44. The van der Waals surface area contributed by atoms with Crippen molar-refractivity contribution >= 4 is 22.7 Å². The molecule has 3 heterocycles. The molecule has 0 unspecified atom stereocenters. The second-order valence-corrected chi connectivity index (χ2v) is 10.00. The van der Waals surface area contributed by atoms with Gasteiger partial charge in [-0.1, -0.05) is 42.5 Å². The molecule has 0 spiro atoms. The maximum atomic E-state index is 14.0. The summed E-state index contributed by atoms with van der Waals surface area (Å²) in [4.78, 5) is 25.1. The summed E-state index contributed by atoms with van der Waals surface area (Å²) in [5.41, 5.74) is 3.79. The minimum atomic E-state index is -0.357. The van der Waals surface area contributed by atoms with Crippen molar-refractivity contribution in [2.24, 2.45) is 0 Å². The molecule has 0 saturated heterocycles. The molecule has 5 aromatic rings. The number of hydrogen-bond acceptors (Lipinski definition) is 5. The van der Waals surface area contributed by atoms with E-state index in [1.165, 1.54) is 12.1 Å². The lowest BCUT2D eigenvalue weighted by Gasteiger charge is -2.16. The van der Waals surface area contributed by atoms with Crippen LogP contribution in [0.25, 0.3) is 31.7 Å². The summed E-state index contributed by atoms with van der Waals surface area (Å²) >= 11 is 3.14. The van der Waals surface area contributed by atoms with E-state index in [1.54, 1.807) is 39.4 Å². The van der Waals surface area contributed by atoms with Gasteiger partial charge in [0.15, 0.2) is 0 Å². The van der Waals surface area contributed by atoms with Crippen molar-refractivity contribution in [2.45, 2.75) is 26.8 Å². The largest absolute Gasteiger partial charge is 0.292 e. The van der Waals surface area contributed by atoms with Crippen molar-refractivity contribution in [3.63, 3.8) is 0 Å². The van der Waals surface area contributed by atoms with Crippen molar-refractivity contribution in [3.8, 4) is 31.7 Å². The Bertz CT molecular complexity index is 1520. The van der Waals surface area contributed by atoms with Crippen LogP contribution in [0.5, 0.6) is 0 Å². The summed E-state index contributed by atoms with van der Waals surface area (Å²) in [7, 11) is 0. The number of halogens is 1. The normalized spacial score (nSPS) is 11.1. The molecule has 0 atom stereocenters. The van der Waals surface area contributed by atoms with Crippen LogP contribution in [-0.2, 0) is 13.0 Å². The molecule has 0 aliphatic rings. The molecule has 0 aliphatic heterocycles. The fourth-order valence-corrected chi connectivity index (χ4v) is 5.90. The third-order valence-electron chi connectivity index (χ3n) is 5.58. The zero-order valence-corrected chi connectivity index (χ0v) is 20.4. The Kier molecular flexibility index (Phi) is 6.22. The van der Waals surface area contributed by atoms with Crippen LogP contribution in [0.2, 0.25) is 0 Å². The lowest BCUT2D eigenvalue weighted by molar-refractivity contribution is 0.626. The van der Waals surface area contributed by atoms with Gasteiger partial charge in [0, 0.05) is 28.1 Å². The van der Waals surface area contributed by atoms with Gasteiger partial charge in [-0.25, -0.2) is 14.4 Å². The zero-order chi connectivity index (χ0) is 23.7. The topological polar surface area (TPSA) is 47.8 Å². The Balaban J connectivity index is 1.62. The Labute approximate surface area is 205 Å². The lowest BCUT2D eigenvalue weighted by Crippen LogP contribution is -2.26. The zero-order valence-electron chi connectivity index (χ0n) is 18.8. The van der Waals surface area contributed by atoms with Crippen LogP contribution in [-0.4, -0.2) is 14.5 Å². The van der Waals surface area contributed by atoms with Crippen LogP contribution in [0.3, 0.4) is 0 Å². The predicted molar refractivity (Wildman–Crippen MR) is 138 cm³/mol. The monoisotopic (exact) mass is 487 g/mol. The summed E-state index contributed by atoms with van der Waals surface area (Å²) in [5, 5.41) is 2.96. The second-order valence-electron chi connectivity index (χ2n) is 8.06. The molecule has 3 aromatic heterocycles. The Hall–Kier alpha value is -3.42. The fourth-order valence-electron chi connectivity index (χ4n) is 3.94. The SMILES string of the molecule is Cc1csc(-c2ccc(-c3c(C)nc(-c4cccc(F)c4)n(CCc4ccccc4)c3=O)s2)n1.